The summed E-state index contributed by atoms with van der Waals surface area (Å²) in [5, 5.41) is 0. The van der Waals surface area contributed by atoms with Crippen molar-refractivity contribution in [3.8, 4) is 0 Å². The molecule has 0 radical (unpaired) electrons. The number of hydrogen-bond acceptors (Lipinski definition) is 1. The predicted molar refractivity (Wildman–Crippen MR) is 58.1 cm³/mol. The molecule has 0 bridgehead atoms. The largest absolute Gasteiger partial charge is 0.330 e. The van der Waals surface area contributed by atoms with E-state index in [-0.39, 0.29) is 6.67 Å². The summed E-state index contributed by atoms with van der Waals surface area (Å²) in [5.74, 6) is 0. The van der Waals surface area contributed by atoms with Crippen LogP contribution in [0.1, 0.15) is 24.0 Å². The van der Waals surface area contributed by atoms with Crippen molar-refractivity contribution in [2.45, 2.75) is 25.7 Å². The quantitative estimate of drug-likeness (QED) is 0.741. The first-order valence-corrected chi connectivity index (χ1v) is 5.20. The molecule has 0 aromatic heterocycles. The summed E-state index contributed by atoms with van der Waals surface area (Å²) in [6.45, 7) is 0.512. The molecule has 2 N–H and O–H groups in total. The molecule has 1 rings (SSSR count). The summed E-state index contributed by atoms with van der Waals surface area (Å²) in [6, 6.07) is 8.40. The van der Waals surface area contributed by atoms with Gasteiger partial charge in [-0.25, -0.2) is 0 Å². The van der Waals surface area contributed by atoms with E-state index in [1.807, 2.05) is 0 Å². The second-order valence-corrected chi connectivity index (χ2v) is 3.50. The molecule has 14 heavy (non-hydrogen) atoms. The van der Waals surface area contributed by atoms with Gasteiger partial charge in [0.1, 0.15) is 0 Å². The maximum absolute atomic E-state index is 11.9. The Balaban J connectivity index is 2.42. The highest BCUT2D eigenvalue weighted by Gasteiger charge is 1.94. The molecule has 0 fully saturated rings. The number of halogens is 1. The van der Waals surface area contributed by atoms with E-state index in [4.69, 9.17) is 5.73 Å². The number of alkyl halides is 1. The lowest BCUT2D eigenvalue weighted by Crippen LogP contribution is -2.00. The van der Waals surface area contributed by atoms with Gasteiger partial charge < -0.3 is 5.73 Å². The Morgan fingerprint density at radius 2 is 1.43 bits per heavy atom. The van der Waals surface area contributed by atoms with Gasteiger partial charge in [0.05, 0.1) is 6.67 Å². The van der Waals surface area contributed by atoms with E-state index in [2.05, 4.69) is 24.3 Å². The van der Waals surface area contributed by atoms with Crippen molar-refractivity contribution >= 4 is 0 Å². The van der Waals surface area contributed by atoms with E-state index in [1.54, 1.807) is 0 Å². The Labute approximate surface area is 85.1 Å². The van der Waals surface area contributed by atoms with Crippen molar-refractivity contribution in [3.05, 3.63) is 35.4 Å². The first-order chi connectivity index (χ1) is 6.86. The number of aryl methyl sites for hydroxylation is 2. The lowest BCUT2D eigenvalue weighted by Gasteiger charge is -2.02. The van der Waals surface area contributed by atoms with Crippen molar-refractivity contribution in [2.75, 3.05) is 13.2 Å². The van der Waals surface area contributed by atoms with E-state index in [0.29, 0.717) is 6.42 Å². The molecule has 0 aliphatic rings. The summed E-state index contributed by atoms with van der Waals surface area (Å²) >= 11 is 0. The van der Waals surface area contributed by atoms with E-state index >= 15 is 0 Å². The summed E-state index contributed by atoms with van der Waals surface area (Å²) in [5.41, 5.74) is 7.97. The number of benzene rings is 1. The van der Waals surface area contributed by atoms with Crippen LogP contribution in [0.15, 0.2) is 24.3 Å². The minimum Gasteiger partial charge on any atom is -0.330 e. The van der Waals surface area contributed by atoms with Gasteiger partial charge in [0.15, 0.2) is 0 Å². The summed E-state index contributed by atoms with van der Waals surface area (Å²) in [4.78, 5) is 0. The molecular weight excluding hydrogens is 177 g/mol. The molecule has 0 aliphatic carbocycles. The zero-order valence-corrected chi connectivity index (χ0v) is 8.51. The fraction of sp³-hybridized carbons (Fsp3) is 0.500. The van der Waals surface area contributed by atoms with Crippen molar-refractivity contribution in [2.24, 2.45) is 5.73 Å². The average Bonchev–Trinajstić information content (AvgIpc) is 2.25. The molecule has 0 atom stereocenters. The summed E-state index contributed by atoms with van der Waals surface area (Å²) in [6.07, 6.45) is 3.54. The van der Waals surface area contributed by atoms with E-state index in [1.165, 1.54) is 11.1 Å². The number of nitrogens with two attached hydrogens (primary N) is 1. The molecule has 0 aliphatic heterocycles. The first-order valence-electron chi connectivity index (χ1n) is 5.20. The van der Waals surface area contributed by atoms with Crippen molar-refractivity contribution < 1.29 is 4.39 Å². The van der Waals surface area contributed by atoms with Crippen LogP contribution in [0, 0.1) is 0 Å². The third-order valence-corrected chi connectivity index (χ3v) is 2.29. The van der Waals surface area contributed by atoms with Crippen LogP contribution in [0.3, 0.4) is 0 Å². The van der Waals surface area contributed by atoms with Gasteiger partial charge in [-0.05, 0) is 43.4 Å². The van der Waals surface area contributed by atoms with Crippen LogP contribution in [-0.4, -0.2) is 13.2 Å². The van der Waals surface area contributed by atoms with Gasteiger partial charge in [-0.15, -0.1) is 0 Å². The maximum atomic E-state index is 11.9. The summed E-state index contributed by atoms with van der Waals surface area (Å²) in [7, 11) is 0. The van der Waals surface area contributed by atoms with Crippen LogP contribution in [0.25, 0.3) is 0 Å². The van der Waals surface area contributed by atoms with Gasteiger partial charge in [-0.3, -0.25) is 4.39 Å². The predicted octanol–water partition coefficient (Wildman–Crippen LogP) is 2.48. The van der Waals surface area contributed by atoms with Gasteiger partial charge in [0, 0.05) is 0 Å². The van der Waals surface area contributed by atoms with E-state index < -0.39 is 0 Å². The standard InChI is InChI=1S/C12H18FN/c13-9-1-3-11-5-7-12(8-6-11)4-2-10-14/h5-8H,1-4,9-10,14H2. The van der Waals surface area contributed by atoms with Gasteiger partial charge in [-0.2, -0.15) is 0 Å². The molecule has 1 aromatic carbocycles. The average molecular weight is 195 g/mol. The molecule has 0 saturated carbocycles. The third-order valence-electron chi connectivity index (χ3n) is 2.29. The molecule has 1 aromatic rings. The molecule has 78 valence electrons. The van der Waals surface area contributed by atoms with E-state index in [9.17, 15) is 4.39 Å². The molecule has 0 saturated heterocycles. The molecule has 0 spiro atoms. The second-order valence-electron chi connectivity index (χ2n) is 3.50. The molecule has 2 heteroatoms. The van der Waals surface area contributed by atoms with Crippen molar-refractivity contribution in [1.29, 1.82) is 0 Å². The lowest BCUT2D eigenvalue weighted by atomic mass is 10.0. The highest BCUT2D eigenvalue weighted by molar-refractivity contribution is 5.22. The Hall–Kier alpha value is -0.890. The molecule has 0 amide bonds. The molecular formula is C12H18FN. The highest BCUT2D eigenvalue weighted by Crippen LogP contribution is 2.08. The van der Waals surface area contributed by atoms with Gasteiger partial charge in [0.2, 0.25) is 0 Å². The van der Waals surface area contributed by atoms with Gasteiger partial charge in [-0.1, -0.05) is 24.3 Å². The van der Waals surface area contributed by atoms with Crippen LogP contribution in [0.5, 0.6) is 0 Å². The minimum absolute atomic E-state index is 0.227. The van der Waals surface area contributed by atoms with E-state index in [0.717, 1.165) is 25.8 Å². The molecule has 0 unspecified atom stereocenters. The number of rotatable bonds is 6. The van der Waals surface area contributed by atoms with Crippen LogP contribution in [-0.2, 0) is 12.8 Å². The lowest BCUT2D eigenvalue weighted by molar-refractivity contribution is 0.473. The highest BCUT2D eigenvalue weighted by atomic mass is 19.1. The number of hydrogen-bond donors (Lipinski definition) is 1. The summed E-state index contributed by atoms with van der Waals surface area (Å²) < 4.78 is 11.9. The SMILES string of the molecule is NCCCc1ccc(CCCF)cc1. The topological polar surface area (TPSA) is 26.0 Å². The zero-order valence-electron chi connectivity index (χ0n) is 8.51. The normalized spacial score (nSPS) is 10.4. The van der Waals surface area contributed by atoms with Crippen molar-refractivity contribution in [1.82, 2.24) is 0 Å². The fourth-order valence-corrected chi connectivity index (χ4v) is 1.45. The monoisotopic (exact) mass is 195 g/mol. The third kappa shape index (κ3) is 3.88. The minimum atomic E-state index is -0.227. The van der Waals surface area contributed by atoms with Crippen molar-refractivity contribution in [3.63, 3.8) is 0 Å². The Bertz CT molecular complexity index is 216. The van der Waals surface area contributed by atoms with Crippen LogP contribution < -0.4 is 5.73 Å². The Morgan fingerprint density at radius 1 is 0.929 bits per heavy atom. The zero-order chi connectivity index (χ0) is 10.2. The second kappa shape index (κ2) is 6.55. The van der Waals surface area contributed by atoms with Crippen LogP contribution in [0.4, 0.5) is 4.39 Å². The van der Waals surface area contributed by atoms with Gasteiger partial charge in [0.25, 0.3) is 0 Å². The Kier molecular flexibility index (Phi) is 5.23. The maximum Gasteiger partial charge on any atom is 0.0897 e. The molecule has 0 heterocycles. The van der Waals surface area contributed by atoms with Gasteiger partial charge >= 0.3 is 0 Å². The van der Waals surface area contributed by atoms with Crippen LogP contribution in [0.2, 0.25) is 0 Å². The Morgan fingerprint density at radius 3 is 1.86 bits per heavy atom. The molecule has 1 nitrogen and oxygen atoms in total. The first kappa shape index (κ1) is 11.2. The fourth-order valence-electron chi connectivity index (χ4n) is 1.45. The smallest absolute Gasteiger partial charge is 0.0897 e. The van der Waals surface area contributed by atoms with Crippen LogP contribution >= 0.6 is 0 Å².